The van der Waals surface area contributed by atoms with E-state index in [0.29, 0.717) is 11.1 Å². The molecule has 0 aliphatic heterocycles. The van der Waals surface area contributed by atoms with Crippen molar-refractivity contribution < 1.29 is 18.4 Å². The lowest BCUT2D eigenvalue weighted by atomic mass is 10.1. The van der Waals surface area contributed by atoms with Crippen molar-refractivity contribution in [3.63, 3.8) is 0 Å². The third kappa shape index (κ3) is 4.86. The first-order valence-corrected chi connectivity index (χ1v) is 7.94. The molecule has 1 unspecified atom stereocenters. The fourth-order valence-corrected chi connectivity index (χ4v) is 2.36. The summed E-state index contributed by atoms with van der Waals surface area (Å²) in [5, 5.41) is 2.68. The molecule has 0 saturated carbocycles. The van der Waals surface area contributed by atoms with Crippen LogP contribution in [0.3, 0.4) is 0 Å². The van der Waals surface area contributed by atoms with E-state index in [2.05, 4.69) is 5.32 Å². The molecule has 0 heterocycles. The van der Waals surface area contributed by atoms with Crippen molar-refractivity contribution in [3.8, 4) is 0 Å². The Hall–Kier alpha value is -2.76. The highest BCUT2D eigenvalue weighted by Crippen LogP contribution is 2.21. The summed E-state index contributed by atoms with van der Waals surface area (Å²) in [7, 11) is 1.59. The Morgan fingerprint density at radius 3 is 2.40 bits per heavy atom. The van der Waals surface area contributed by atoms with Gasteiger partial charge in [-0.2, -0.15) is 0 Å². The molecule has 25 heavy (non-hydrogen) atoms. The normalized spacial score (nSPS) is 11.7. The molecule has 6 heteroatoms. The Balaban J connectivity index is 1.87. The van der Waals surface area contributed by atoms with Crippen LogP contribution in [0.15, 0.2) is 48.5 Å². The predicted molar refractivity (Wildman–Crippen MR) is 90.9 cm³/mol. The maximum atomic E-state index is 13.3. The minimum atomic E-state index is -0.944. The number of carbonyl (C=O) groups is 2. The molecule has 0 radical (unpaired) electrons. The molecular weight excluding hydrogens is 326 g/mol. The average Bonchev–Trinajstić information content (AvgIpc) is 2.63. The van der Waals surface area contributed by atoms with Crippen molar-refractivity contribution in [2.24, 2.45) is 0 Å². The number of nitrogens with zero attached hydrogens (tertiary/aromatic N) is 1. The second-order valence-corrected chi connectivity index (χ2v) is 5.73. The Kier molecular flexibility index (Phi) is 6.22. The maximum absolute atomic E-state index is 13.3. The highest BCUT2D eigenvalue weighted by Gasteiger charge is 2.18. The van der Waals surface area contributed by atoms with Crippen molar-refractivity contribution >= 4 is 11.8 Å². The SMILES string of the molecule is CC(c1ccc(F)c(F)c1)N(C)C(=O)CCNC(=O)c1ccccc1. The zero-order chi connectivity index (χ0) is 18.4. The number of benzene rings is 2. The molecule has 1 N–H and O–H groups in total. The lowest BCUT2D eigenvalue weighted by molar-refractivity contribution is -0.131. The van der Waals surface area contributed by atoms with Gasteiger partial charge in [0, 0.05) is 25.6 Å². The molecule has 0 aromatic heterocycles. The van der Waals surface area contributed by atoms with Crippen molar-refractivity contribution in [1.29, 1.82) is 0 Å². The van der Waals surface area contributed by atoms with E-state index in [0.717, 1.165) is 12.1 Å². The Bertz CT molecular complexity index is 750. The van der Waals surface area contributed by atoms with Gasteiger partial charge in [0.2, 0.25) is 5.91 Å². The fourth-order valence-electron chi connectivity index (χ4n) is 2.36. The van der Waals surface area contributed by atoms with Crippen LogP contribution in [0.4, 0.5) is 8.78 Å². The van der Waals surface area contributed by atoms with E-state index in [9.17, 15) is 18.4 Å². The highest BCUT2D eigenvalue weighted by atomic mass is 19.2. The molecule has 4 nitrogen and oxygen atoms in total. The van der Waals surface area contributed by atoms with Gasteiger partial charge in [-0.15, -0.1) is 0 Å². The molecule has 0 bridgehead atoms. The summed E-state index contributed by atoms with van der Waals surface area (Å²) in [6, 6.07) is 11.9. The van der Waals surface area contributed by atoms with E-state index < -0.39 is 17.7 Å². The summed E-state index contributed by atoms with van der Waals surface area (Å²) in [6.07, 6.45) is 0.114. The molecule has 2 amide bonds. The molecule has 2 aromatic carbocycles. The van der Waals surface area contributed by atoms with E-state index in [4.69, 9.17) is 0 Å². The highest BCUT2D eigenvalue weighted by molar-refractivity contribution is 5.94. The number of hydrogen-bond acceptors (Lipinski definition) is 2. The second-order valence-electron chi connectivity index (χ2n) is 5.73. The first kappa shape index (κ1) is 18.6. The van der Waals surface area contributed by atoms with Crippen LogP contribution in [-0.2, 0) is 4.79 Å². The number of amides is 2. The number of hydrogen-bond donors (Lipinski definition) is 1. The zero-order valence-corrected chi connectivity index (χ0v) is 14.1. The second kappa shape index (κ2) is 8.37. The lowest BCUT2D eigenvalue weighted by Gasteiger charge is -2.25. The molecule has 0 saturated heterocycles. The summed E-state index contributed by atoms with van der Waals surface area (Å²) in [4.78, 5) is 25.6. The first-order chi connectivity index (χ1) is 11.9. The van der Waals surface area contributed by atoms with Crippen LogP contribution >= 0.6 is 0 Å². The molecule has 2 aromatic rings. The largest absolute Gasteiger partial charge is 0.352 e. The summed E-state index contributed by atoms with van der Waals surface area (Å²) in [5.74, 6) is -2.32. The van der Waals surface area contributed by atoms with Gasteiger partial charge in [-0.3, -0.25) is 9.59 Å². The van der Waals surface area contributed by atoms with Crippen LogP contribution < -0.4 is 5.32 Å². The Labute approximate surface area is 145 Å². The minimum absolute atomic E-state index is 0.114. The maximum Gasteiger partial charge on any atom is 0.251 e. The third-order valence-electron chi connectivity index (χ3n) is 4.06. The van der Waals surface area contributed by atoms with Crippen LogP contribution in [0.2, 0.25) is 0 Å². The molecule has 2 rings (SSSR count). The van der Waals surface area contributed by atoms with Crippen molar-refractivity contribution in [1.82, 2.24) is 10.2 Å². The van der Waals surface area contributed by atoms with Gasteiger partial charge in [-0.05, 0) is 36.8 Å². The number of rotatable bonds is 6. The van der Waals surface area contributed by atoms with Gasteiger partial charge in [0.25, 0.3) is 5.91 Å². The Morgan fingerprint density at radius 2 is 1.76 bits per heavy atom. The smallest absolute Gasteiger partial charge is 0.251 e. The number of nitrogens with one attached hydrogen (secondary N) is 1. The van der Waals surface area contributed by atoms with Gasteiger partial charge in [0.15, 0.2) is 11.6 Å². The minimum Gasteiger partial charge on any atom is -0.352 e. The van der Waals surface area contributed by atoms with Crippen LogP contribution in [0.25, 0.3) is 0 Å². The van der Waals surface area contributed by atoms with Crippen LogP contribution in [0, 0.1) is 11.6 Å². The molecule has 0 fully saturated rings. The third-order valence-corrected chi connectivity index (χ3v) is 4.06. The molecule has 0 aliphatic carbocycles. The van der Waals surface area contributed by atoms with Crippen molar-refractivity contribution in [3.05, 3.63) is 71.3 Å². The summed E-state index contributed by atoms with van der Waals surface area (Å²) >= 11 is 0. The van der Waals surface area contributed by atoms with Gasteiger partial charge < -0.3 is 10.2 Å². The van der Waals surface area contributed by atoms with Crippen molar-refractivity contribution in [2.45, 2.75) is 19.4 Å². The van der Waals surface area contributed by atoms with E-state index in [1.807, 2.05) is 6.07 Å². The summed E-state index contributed by atoms with van der Waals surface area (Å²) < 4.78 is 26.3. The van der Waals surface area contributed by atoms with E-state index in [1.54, 1.807) is 38.2 Å². The summed E-state index contributed by atoms with van der Waals surface area (Å²) in [6.45, 7) is 1.93. The number of carbonyl (C=O) groups excluding carboxylic acids is 2. The monoisotopic (exact) mass is 346 g/mol. The molecule has 0 spiro atoms. The van der Waals surface area contributed by atoms with Gasteiger partial charge in [-0.25, -0.2) is 8.78 Å². The average molecular weight is 346 g/mol. The number of halogens is 2. The van der Waals surface area contributed by atoms with Gasteiger partial charge in [-0.1, -0.05) is 24.3 Å². The van der Waals surface area contributed by atoms with Gasteiger partial charge in [0.1, 0.15) is 0 Å². The quantitative estimate of drug-likeness (QED) is 0.872. The zero-order valence-electron chi connectivity index (χ0n) is 14.1. The van der Waals surface area contributed by atoms with Gasteiger partial charge in [0.05, 0.1) is 6.04 Å². The molecule has 132 valence electrons. The molecular formula is C19H20F2N2O2. The van der Waals surface area contributed by atoms with Crippen molar-refractivity contribution in [2.75, 3.05) is 13.6 Å². The lowest BCUT2D eigenvalue weighted by Crippen LogP contribution is -2.33. The van der Waals surface area contributed by atoms with Gasteiger partial charge >= 0.3 is 0 Å². The topological polar surface area (TPSA) is 49.4 Å². The Morgan fingerprint density at radius 1 is 1.08 bits per heavy atom. The van der Waals surface area contributed by atoms with E-state index >= 15 is 0 Å². The summed E-state index contributed by atoms with van der Waals surface area (Å²) in [5.41, 5.74) is 1.03. The standard InChI is InChI=1S/C19H20F2N2O2/c1-13(15-8-9-16(20)17(21)12-15)23(2)18(24)10-11-22-19(25)14-6-4-3-5-7-14/h3-9,12-13H,10-11H2,1-2H3,(H,22,25). The molecule has 1 atom stereocenters. The van der Waals surface area contributed by atoms with Crippen LogP contribution in [0.1, 0.15) is 35.3 Å². The molecule has 0 aliphatic rings. The fraction of sp³-hybridized carbons (Fsp3) is 0.263. The van der Waals surface area contributed by atoms with E-state index in [-0.39, 0.29) is 24.8 Å². The van der Waals surface area contributed by atoms with Crippen LogP contribution in [-0.4, -0.2) is 30.3 Å². The van der Waals surface area contributed by atoms with Crippen LogP contribution in [0.5, 0.6) is 0 Å². The first-order valence-electron chi connectivity index (χ1n) is 7.94. The van der Waals surface area contributed by atoms with E-state index in [1.165, 1.54) is 11.0 Å². The predicted octanol–water partition coefficient (Wildman–Crippen LogP) is 3.30.